The summed E-state index contributed by atoms with van der Waals surface area (Å²) in [6.45, 7) is 0. The van der Waals surface area contributed by atoms with E-state index in [4.69, 9.17) is 0 Å². The van der Waals surface area contributed by atoms with E-state index in [1.807, 2.05) is 0 Å². The summed E-state index contributed by atoms with van der Waals surface area (Å²) in [7, 11) is 0. The molecule has 0 saturated carbocycles. The molecule has 96 valence electrons. The normalized spacial score (nSPS) is 15.4. The molecule has 3 heteroatoms. The van der Waals surface area contributed by atoms with Gasteiger partial charge >= 0.3 is 26.4 Å². The van der Waals surface area contributed by atoms with E-state index >= 15 is 0 Å². The number of allylic oxidation sites excluding steroid dienone is 1. The molecule has 0 aliphatic heterocycles. The molecule has 0 spiro atoms. The first-order valence-corrected chi connectivity index (χ1v) is 7.30. The minimum absolute atomic E-state index is 0.554. The van der Waals surface area contributed by atoms with E-state index in [1.54, 1.807) is 0 Å². The number of fused-ring (bicyclic) bond motifs is 1. The molecule has 0 fully saturated rings. The third kappa shape index (κ3) is 3.86. The Morgan fingerprint density at radius 3 is 2.26 bits per heavy atom. The van der Waals surface area contributed by atoms with E-state index in [1.165, 1.54) is 16.7 Å². The van der Waals surface area contributed by atoms with Gasteiger partial charge in [0.25, 0.3) is 0 Å². The molecule has 0 saturated heterocycles. The molecular formula is C16H14F2Ti. The van der Waals surface area contributed by atoms with Gasteiger partial charge in [-0.25, -0.2) is 0 Å². The molecule has 0 nitrogen and oxygen atoms in total. The van der Waals surface area contributed by atoms with Gasteiger partial charge in [-0.05, 0) is 23.1 Å². The van der Waals surface area contributed by atoms with Gasteiger partial charge in [0.05, 0.1) is 0 Å². The molecule has 2 aromatic rings. The van der Waals surface area contributed by atoms with Crippen LogP contribution in [0.2, 0.25) is 0 Å². The maximum atomic E-state index is 9.75. The zero-order valence-corrected chi connectivity index (χ0v) is 12.0. The van der Waals surface area contributed by atoms with Crippen LogP contribution in [0.15, 0.2) is 60.7 Å². The van der Waals surface area contributed by atoms with Crippen molar-refractivity contribution in [1.29, 1.82) is 0 Å². The second-order valence-corrected chi connectivity index (χ2v) is 4.58. The van der Waals surface area contributed by atoms with E-state index in [9.17, 15) is 6.18 Å². The average molecular weight is 292 g/mol. The molecule has 1 unspecified atom stereocenters. The van der Waals surface area contributed by atoms with E-state index in [0.717, 1.165) is 6.42 Å². The van der Waals surface area contributed by atoms with Gasteiger partial charge in [0, 0.05) is 5.92 Å². The van der Waals surface area contributed by atoms with E-state index in [2.05, 4.69) is 66.7 Å². The quantitative estimate of drug-likeness (QED) is 0.692. The van der Waals surface area contributed by atoms with Gasteiger partial charge in [-0.1, -0.05) is 66.7 Å². The first kappa shape index (κ1) is 14.2. The maximum absolute atomic E-state index is 9.75. The number of benzene rings is 2. The molecule has 0 radical (unpaired) electrons. The van der Waals surface area contributed by atoms with Gasteiger partial charge in [0.2, 0.25) is 0 Å². The Morgan fingerprint density at radius 2 is 1.53 bits per heavy atom. The first-order chi connectivity index (χ1) is 9.35. The molecule has 0 heterocycles. The predicted octanol–water partition coefficient (Wildman–Crippen LogP) is 4.88. The Morgan fingerprint density at radius 1 is 0.895 bits per heavy atom. The second kappa shape index (κ2) is 7.37. The Bertz CT molecular complexity index is 537. The Kier molecular flexibility index (Phi) is 5.50. The summed E-state index contributed by atoms with van der Waals surface area (Å²) in [5.74, 6) is 0.554. The van der Waals surface area contributed by atoms with Crippen molar-refractivity contribution in [3.63, 3.8) is 0 Å². The summed E-state index contributed by atoms with van der Waals surface area (Å²) < 4.78 is 19.5. The average Bonchev–Trinajstić information content (AvgIpc) is 2.85. The molecule has 0 amide bonds. The molecule has 2 aromatic carbocycles. The molecule has 19 heavy (non-hydrogen) atoms. The van der Waals surface area contributed by atoms with Crippen LogP contribution in [0.5, 0.6) is 0 Å². The minimum atomic E-state index is -2.50. The van der Waals surface area contributed by atoms with Crippen LogP contribution in [0.25, 0.3) is 6.08 Å². The summed E-state index contributed by atoms with van der Waals surface area (Å²) in [4.78, 5) is 0. The van der Waals surface area contributed by atoms with Crippen molar-refractivity contribution in [3.05, 3.63) is 77.4 Å². The molecule has 0 N–H and O–H groups in total. The van der Waals surface area contributed by atoms with Gasteiger partial charge in [-0.3, -0.25) is 0 Å². The zero-order valence-electron chi connectivity index (χ0n) is 10.4. The summed E-state index contributed by atoms with van der Waals surface area (Å²) in [5, 5.41) is 0. The van der Waals surface area contributed by atoms with Crippen molar-refractivity contribution in [1.82, 2.24) is 0 Å². The topological polar surface area (TPSA) is 0 Å². The summed E-state index contributed by atoms with van der Waals surface area (Å²) >= 11 is -2.50. The van der Waals surface area contributed by atoms with Crippen molar-refractivity contribution in [2.75, 3.05) is 0 Å². The van der Waals surface area contributed by atoms with Gasteiger partial charge in [0.15, 0.2) is 0 Å². The van der Waals surface area contributed by atoms with E-state index in [-0.39, 0.29) is 0 Å². The van der Waals surface area contributed by atoms with Gasteiger partial charge in [-0.15, -0.1) is 0 Å². The van der Waals surface area contributed by atoms with Crippen molar-refractivity contribution in [2.45, 2.75) is 12.3 Å². The fourth-order valence-electron chi connectivity index (χ4n) is 2.37. The third-order valence-corrected chi connectivity index (χ3v) is 3.20. The second-order valence-electron chi connectivity index (χ2n) is 4.36. The number of halogens is 2. The van der Waals surface area contributed by atoms with E-state index < -0.39 is 20.2 Å². The van der Waals surface area contributed by atoms with Gasteiger partial charge in [-0.2, -0.15) is 0 Å². The number of hydrogen-bond donors (Lipinski definition) is 0. The third-order valence-electron chi connectivity index (χ3n) is 3.20. The zero-order chi connectivity index (χ0) is 13.5. The van der Waals surface area contributed by atoms with Crippen LogP contribution in [0.4, 0.5) is 6.18 Å². The van der Waals surface area contributed by atoms with Crippen molar-refractivity contribution >= 4 is 6.08 Å². The fraction of sp³-hybridized carbons (Fsp3) is 0.125. The SMILES string of the molecule is C1=CC(Cc2ccccc2)c2ccccc21.[F][Ti][F]. The molecule has 0 aromatic heterocycles. The molecule has 1 aliphatic rings. The Hall–Kier alpha value is -1.25. The van der Waals surface area contributed by atoms with Crippen LogP contribution in [0, 0.1) is 0 Å². The van der Waals surface area contributed by atoms with Gasteiger partial charge < -0.3 is 0 Å². The fourth-order valence-corrected chi connectivity index (χ4v) is 2.37. The van der Waals surface area contributed by atoms with Crippen molar-refractivity contribution in [3.8, 4) is 0 Å². The monoisotopic (exact) mass is 292 g/mol. The summed E-state index contributed by atoms with van der Waals surface area (Å²) in [5.41, 5.74) is 4.25. The van der Waals surface area contributed by atoms with Crippen molar-refractivity contribution < 1.29 is 26.4 Å². The van der Waals surface area contributed by atoms with Crippen LogP contribution in [-0.4, -0.2) is 0 Å². The van der Waals surface area contributed by atoms with Crippen LogP contribution in [0.3, 0.4) is 0 Å². The molecular weight excluding hydrogens is 278 g/mol. The van der Waals surface area contributed by atoms with Crippen LogP contribution in [0.1, 0.15) is 22.6 Å². The molecule has 3 rings (SSSR count). The van der Waals surface area contributed by atoms with Crippen LogP contribution < -0.4 is 0 Å². The standard InChI is InChI=1S/C16H14.2FH.Ti/c1-2-6-13(7-3-1)12-15-11-10-14-8-4-5-9-16(14)15;;;/h1-11,15H,12H2;2*1H;/q;;;+2/p-2. The number of rotatable bonds is 2. The van der Waals surface area contributed by atoms with Crippen LogP contribution >= 0.6 is 0 Å². The molecule has 0 bridgehead atoms. The van der Waals surface area contributed by atoms with E-state index in [0.29, 0.717) is 5.92 Å². The molecule has 1 atom stereocenters. The van der Waals surface area contributed by atoms with Crippen molar-refractivity contribution in [2.24, 2.45) is 0 Å². The summed E-state index contributed by atoms with van der Waals surface area (Å²) in [6, 6.07) is 19.4. The van der Waals surface area contributed by atoms with Crippen LogP contribution in [-0.2, 0) is 26.6 Å². The Balaban J connectivity index is 0.000000408. The van der Waals surface area contributed by atoms with Gasteiger partial charge in [0.1, 0.15) is 0 Å². The first-order valence-electron chi connectivity index (χ1n) is 6.12. The summed E-state index contributed by atoms with van der Waals surface area (Å²) in [6.07, 6.45) is 5.66. The number of hydrogen-bond acceptors (Lipinski definition) is 0. The predicted molar refractivity (Wildman–Crippen MR) is 70.6 cm³/mol. The molecule has 1 aliphatic carbocycles. The Labute approximate surface area is 122 Å².